The van der Waals surface area contributed by atoms with Gasteiger partial charge in [0.05, 0.1) is 12.7 Å². The number of rotatable bonds is 8. The van der Waals surface area contributed by atoms with Gasteiger partial charge in [0, 0.05) is 19.8 Å². The molecule has 0 aliphatic heterocycles. The Labute approximate surface area is 81.8 Å². The molecule has 0 rings (SSSR count). The molecule has 0 aliphatic rings. The summed E-state index contributed by atoms with van der Waals surface area (Å²) < 4.78 is 10.4. The predicted octanol–water partition coefficient (Wildman–Crippen LogP) is 1.43. The molecule has 3 heteroatoms. The zero-order chi connectivity index (χ0) is 10.1. The normalized spacial score (nSPS) is 13.6. The highest BCUT2D eigenvalue weighted by molar-refractivity contribution is 4.58. The van der Waals surface area contributed by atoms with Crippen LogP contribution < -0.4 is 5.32 Å². The van der Waals surface area contributed by atoms with Crippen LogP contribution in [0.25, 0.3) is 0 Å². The first-order valence-electron chi connectivity index (χ1n) is 5.00. The van der Waals surface area contributed by atoms with E-state index in [9.17, 15) is 0 Å². The van der Waals surface area contributed by atoms with Crippen LogP contribution in [-0.2, 0) is 9.47 Å². The second-order valence-corrected chi connectivity index (χ2v) is 3.58. The van der Waals surface area contributed by atoms with Gasteiger partial charge in [-0.1, -0.05) is 0 Å². The topological polar surface area (TPSA) is 30.5 Å². The lowest BCUT2D eigenvalue weighted by atomic mass is 10.3. The molecule has 0 spiro atoms. The van der Waals surface area contributed by atoms with Gasteiger partial charge in [0.1, 0.15) is 0 Å². The average Bonchev–Trinajstić information content (AvgIpc) is 2.03. The van der Waals surface area contributed by atoms with E-state index in [1.807, 2.05) is 0 Å². The van der Waals surface area contributed by atoms with Crippen molar-refractivity contribution in [2.24, 2.45) is 0 Å². The highest BCUT2D eigenvalue weighted by Gasteiger charge is 1.99. The van der Waals surface area contributed by atoms with Crippen molar-refractivity contribution in [3.05, 3.63) is 0 Å². The molecule has 1 N–H and O–H groups in total. The van der Waals surface area contributed by atoms with Crippen LogP contribution in [0.4, 0.5) is 0 Å². The molecule has 0 radical (unpaired) electrons. The number of methoxy groups -OCH3 is 1. The largest absolute Gasteiger partial charge is 0.383 e. The monoisotopic (exact) mass is 189 g/mol. The van der Waals surface area contributed by atoms with E-state index in [2.05, 4.69) is 26.1 Å². The highest BCUT2D eigenvalue weighted by atomic mass is 16.5. The van der Waals surface area contributed by atoms with Gasteiger partial charge >= 0.3 is 0 Å². The van der Waals surface area contributed by atoms with Crippen molar-refractivity contribution in [2.45, 2.75) is 39.3 Å². The molecule has 3 nitrogen and oxygen atoms in total. The highest BCUT2D eigenvalue weighted by Crippen LogP contribution is 1.90. The lowest BCUT2D eigenvalue weighted by Gasteiger charge is -2.13. The Morgan fingerprint density at radius 1 is 1.23 bits per heavy atom. The molecule has 1 unspecified atom stereocenters. The second-order valence-electron chi connectivity index (χ2n) is 3.58. The Morgan fingerprint density at radius 3 is 2.46 bits per heavy atom. The zero-order valence-corrected chi connectivity index (χ0v) is 9.30. The van der Waals surface area contributed by atoms with Crippen LogP contribution in [0.2, 0.25) is 0 Å². The molecule has 0 heterocycles. The SMILES string of the molecule is COCC(C)NCCCOC(C)C. The number of hydrogen-bond acceptors (Lipinski definition) is 3. The third-order valence-corrected chi connectivity index (χ3v) is 1.68. The number of ether oxygens (including phenoxy) is 2. The molecule has 80 valence electrons. The van der Waals surface area contributed by atoms with Crippen molar-refractivity contribution in [1.29, 1.82) is 0 Å². The summed E-state index contributed by atoms with van der Waals surface area (Å²) in [5.41, 5.74) is 0. The third-order valence-electron chi connectivity index (χ3n) is 1.68. The first-order valence-corrected chi connectivity index (χ1v) is 5.00. The molecule has 0 aromatic carbocycles. The van der Waals surface area contributed by atoms with Gasteiger partial charge in [-0.15, -0.1) is 0 Å². The van der Waals surface area contributed by atoms with Crippen molar-refractivity contribution in [1.82, 2.24) is 5.32 Å². The van der Waals surface area contributed by atoms with Crippen LogP contribution in [0.3, 0.4) is 0 Å². The Hall–Kier alpha value is -0.120. The standard InChI is InChI=1S/C10H23NO2/c1-9(2)13-7-5-6-11-10(3)8-12-4/h9-11H,5-8H2,1-4H3. The van der Waals surface area contributed by atoms with Crippen molar-refractivity contribution >= 4 is 0 Å². The fourth-order valence-electron chi connectivity index (χ4n) is 1.05. The molecular weight excluding hydrogens is 166 g/mol. The fraction of sp³-hybridized carbons (Fsp3) is 1.00. The van der Waals surface area contributed by atoms with Gasteiger partial charge in [-0.3, -0.25) is 0 Å². The number of hydrogen-bond donors (Lipinski definition) is 1. The molecule has 13 heavy (non-hydrogen) atoms. The maximum atomic E-state index is 5.41. The van der Waals surface area contributed by atoms with E-state index in [1.54, 1.807) is 7.11 Å². The van der Waals surface area contributed by atoms with Gasteiger partial charge in [-0.2, -0.15) is 0 Å². The van der Waals surface area contributed by atoms with Crippen LogP contribution in [0, 0.1) is 0 Å². The minimum absolute atomic E-state index is 0.344. The van der Waals surface area contributed by atoms with E-state index in [4.69, 9.17) is 9.47 Å². The van der Waals surface area contributed by atoms with Crippen LogP contribution in [0.5, 0.6) is 0 Å². The van der Waals surface area contributed by atoms with Crippen LogP contribution >= 0.6 is 0 Å². The van der Waals surface area contributed by atoms with Gasteiger partial charge in [0.15, 0.2) is 0 Å². The van der Waals surface area contributed by atoms with Crippen molar-refractivity contribution in [2.75, 3.05) is 26.9 Å². The van der Waals surface area contributed by atoms with Crippen molar-refractivity contribution < 1.29 is 9.47 Å². The maximum Gasteiger partial charge on any atom is 0.0613 e. The Morgan fingerprint density at radius 2 is 1.92 bits per heavy atom. The van der Waals surface area contributed by atoms with Gasteiger partial charge in [0.25, 0.3) is 0 Å². The molecular formula is C10H23NO2. The zero-order valence-electron chi connectivity index (χ0n) is 9.30. The van der Waals surface area contributed by atoms with Crippen molar-refractivity contribution in [3.8, 4) is 0 Å². The van der Waals surface area contributed by atoms with E-state index in [0.29, 0.717) is 12.1 Å². The molecule has 0 saturated carbocycles. The van der Waals surface area contributed by atoms with E-state index in [0.717, 1.165) is 26.2 Å². The van der Waals surface area contributed by atoms with Gasteiger partial charge in [-0.25, -0.2) is 0 Å². The molecule has 0 aromatic rings. The van der Waals surface area contributed by atoms with Gasteiger partial charge in [0.2, 0.25) is 0 Å². The molecule has 0 aromatic heterocycles. The van der Waals surface area contributed by atoms with E-state index >= 15 is 0 Å². The minimum Gasteiger partial charge on any atom is -0.383 e. The summed E-state index contributed by atoms with van der Waals surface area (Å²) in [7, 11) is 1.72. The summed E-state index contributed by atoms with van der Waals surface area (Å²) in [4.78, 5) is 0. The number of nitrogens with one attached hydrogen (secondary N) is 1. The first-order chi connectivity index (χ1) is 6.16. The van der Waals surface area contributed by atoms with E-state index < -0.39 is 0 Å². The summed E-state index contributed by atoms with van der Waals surface area (Å²) in [6.45, 7) is 8.83. The Kier molecular flexibility index (Phi) is 8.40. The maximum absolute atomic E-state index is 5.41. The van der Waals surface area contributed by atoms with Crippen LogP contribution in [0.15, 0.2) is 0 Å². The summed E-state index contributed by atoms with van der Waals surface area (Å²) in [5.74, 6) is 0. The summed E-state index contributed by atoms with van der Waals surface area (Å²) >= 11 is 0. The lowest BCUT2D eigenvalue weighted by Crippen LogP contribution is -2.31. The summed E-state index contributed by atoms with van der Waals surface area (Å²) in [5, 5.41) is 3.35. The van der Waals surface area contributed by atoms with Gasteiger partial charge < -0.3 is 14.8 Å². The second kappa shape index (κ2) is 8.48. The average molecular weight is 189 g/mol. The predicted molar refractivity (Wildman–Crippen MR) is 55.0 cm³/mol. The Balaban J connectivity index is 3.06. The quantitative estimate of drug-likeness (QED) is 0.586. The summed E-state index contributed by atoms with van der Waals surface area (Å²) in [6.07, 6.45) is 1.41. The first kappa shape index (κ1) is 12.9. The van der Waals surface area contributed by atoms with E-state index in [1.165, 1.54) is 0 Å². The minimum atomic E-state index is 0.344. The van der Waals surface area contributed by atoms with E-state index in [-0.39, 0.29) is 0 Å². The third kappa shape index (κ3) is 9.80. The van der Waals surface area contributed by atoms with Crippen LogP contribution in [-0.4, -0.2) is 39.0 Å². The molecule has 0 fully saturated rings. The fourth-order valence-corrected chi connectivity index (χ4v) is 1.05. The smallest absolute Gasteiger partial charge is 0.0613 e. The van der Waals surface area contributed by atoms with Gasteiger partial charge in [-0.05, 0) is 33.7 Å². The molecule has 0 aliphatic carbocycles. The lowest BCUT2D eigenvalue weighted by molar-refractivity contribution is 0.0760. The molecule has 0 bridgehead atoms. The Bertz CT molecular complexity index is 107. The van der Waals surface area contributed by atoms with Crippen LogP contribution in [0.1, 0.15) is 27.2 Å². The molecule has 0 amide bonds. The summed E-state index contributed by atoms with van der Waals surface area (Å²) in [6, 6.07) is 0.434. The van der Waals surface area contributed by atoms with Crippen molar-refractivity contribution in [3.63, 3.8) is 0 Å². The molecule has 0 saturated heterocycles. The molecule has 1 atom stereocenters.